The smallest absolute Gasteiger partial charge is 0.0580 e. The third-order valence-electron chi connectivity index (χ3n) is 3.32. The Morgan fingerprint density at radius 1 is 1.70 bits per heavy atom. The van der Waals surface area contributed by atoms with Crippen LogP contribution in [-0.4, -0.2) is 11.2 Å². The van der Waals surface area contributed by atoms with Gasteiger partial charge in [0.25, 0.3) is 0 Å². The van der Waals surface area contributed by atoms with Crippen LogP contribution >= 0.6 is 0 Å². The van der Waals surface area contributed by atoms with Crippen molar-refractivity contribution in [1.82, 2.24) is 0 Å². The Morgan fingerprint density at radius 2 is 2.40 bits per heavy atom. The minimum atomic E-state index is -0.0319. The first-order valence-electron chi connectivity index (χ1n) is 4.01. The molecule has 1 N–H and O–H groups in total. The molecule has 2 rings (SSSR count). The molecule has 0 unspecified atom stereocenters. The SMILES string of the molecule is C=C1CC[C@@H](O)[C@@H]2C[C@]12C. The lowest BCUT2D eigenvalue weighted by Crippen LogP contribution is -2.21. The Kier molecular flexibility index (Phi) is 1.06. The van der Waals surface area contributed by atoms with E-state index in [1.165, 1.54) is 12.0 Å². The van der Waals surface area contributed by atoms with Gasteiger partial charge in [0.1, 0.15) is 0 Å². The predicted octanol–water partition coefficient (Wildman–Crippen LogP) is 1.72. The summed E-state index contributed by atoms with van der Waals surface area (Å²) >= 11 is 0. The quantitative estimate of drug-likeness (QED) is 0.505. The van der Waals surface area contributed by atoms with E-state index in [0.29, 0.717) is 11.3 Å². The number of aliphatic hydroxyl groups is 1. The standard InChI is InChI=1S/C9H14O/c1-6-3-4-8(10)7-5-9(6,7)2/h7-8,10H,1,3-5H2,2H3/t7-,8+,9+/m0/s1. The van der Waals surface area contributed by atoms with Crippen LogP contribution in [0, 0.1) is 11.3 Å². The molecular weight excluding hydrogens is 124 g/mol. The largest absolute Gasteiger partial charge is 0.393 e. The molecule has 0 bridgehead atoms. The van der Waals surface area contributed by atoms with Gasteiger partial charge in [0.15, 0.2) is 0 Å². The van der Waals surface area contributed by atoms with Gasteiger partial charge >= 0.3 is 0 Å². The molecule has 0 aromatic carbocycles. The third kappa shape index (κ3) is 0.615. The summed E-state index contributed by atoms with van der Waals surface area (Å²) in [6.45, 7) is 6.26. The number of aliphatic hydroxyl groups excluding tert-OH is 1. The average Bonchev–Trinajstić information content (AvgIpc) is 2.56. The van der Waals surface area contributed by atoms with Crippen molar-refractivity contribution in [3.05, 3.63) is 12.2 Å². The van der Waals surface area contributed by atoms with Gasteiger partial charge in [0.05, 0.1) is 6.10 Å². The van der Waals surface area contributed by atoms with E-state index in [1.54, 1.807) is 0 Å². The number of fused-ring (bicyclic) bond motifs is 1. The summed E-state index contributed by atoms with van der Waals surface area (Å²) in [4.78, 5) is 0. The normalized spacial score (nSPS) is 52.4. The number of hydrogen-bond acceptors (Lipinski definition) is 1. The second kappa shape index (κ2) is 1.65. The Bertz CT molecular complexity index is 185. The summed E-state index contributed by atoms with van der Waals surface area (Å²) in [5.41, 5.74) is 1.69. The summed E-state index contributed by atoms with van der Waals surface area (Å²) in [5, 5.41) is 9.46. The van der Waals surface area contributed by atoms with Gasteiger partial charge in [0, 0.05) is 0 Å². The van der Waals surface area contributed by atoms with Gasteiger partial charge < -0.3 is 5.11 Å². The summed E-state index contributed by atoms with van der Waals surface area (Å²) in [6, 6.07) is 0. The van der Waals surface area contributed by atoms with Crippen LogP contribution < -0.4 is 0 Å². The maximum atomic E-state index is 9.46. The summed E-state index contributed by atoms with van der Waals surface area (Å²) < 4.78 is 0. The molecule has 3 atom stereocenters. The van der Waals surface area contributed by atoms with Crippen LogP contribution in [0.4, 0.5) is 0 Å². The molecule has 1 nitrogen and oxygen atoms in total. The molecule has 0 aromatic heterocycles. The zero-order valence-corrected chi connectivity index (χ0v) is 6.43. The Balaban J connectivity index is 2.19. The predicted molar refractivity (Wildman–Crippen MR) is 40.6 cm³/mol. The van der Waals surface area contributed by atoms with Crippen LogP contribution in [-0.2, 0) is 0 Å². The van der Waals surface area contributed by atoms with Gasteiger partial charge in [-0.05, 0) is 30.6 Å². The zero-order valence-electron chi connectivity index (χ0n) is 6.43. The molecule has 0 spiro atoms. The summed E-state index contributed by atoms with van der Waals surface area (Å²) in [6.07, 6.45) is 3.12. The van der Waals surface area contributed by atoms with Crippen molar-refractivity contribution in [3.8, 4) is 0 Å². The fourth-order valence-electron chi connectivity index (χ4n) is 2.17. The van der Waals surface area contributed by atoms with Crippen LogP contribution in [0.25, 0.3) is 0 Å². The topological polar surface area (TPSA) is 20.2 Å². The molecule has 2 aliphatic rings. The first-order valence-corrected chi connectivity index (χ1v) is 4.01. The highest BCUT2D eigenvalue weighted by atomic mass is 16.3. The summed E-state index contributed by atoms with van der Waals surface area (Å²) in [5.74, 6) is 0.550. The molecule has 10 heavy (non-hydrogen) atoms. The van der Waals surface area contributed by atoms with E-state index in [0.717, 1.165) is 12.8 Å². The second-order valence-corrected chi connectivity index (χ2v) is 3.94. The lowest BCUT2D eigenvalue weighted by Gasteiger charge is -2.24. The van der Waals surface area contributed by atoms with Crippen molar-refractivity contribution in [3.63, 3.8) is 0 Å². The second-order valence-electron chi connectivity index (χ2n) is 3.94. The molecule has 56 valence electrons. The average molecular weight is 138 g/mol. The molecule has 2 fully saturated rings. The van der Waals surface area contributed by atoms with Gasteiger partial charge in [-0.3, -0.25) is 0 Å². The molecule has 0 aromatic rings. The highest BCUT2D eigenvalue weighted by molar-refractivity contribution is 5.25. The van der Waals surface area contributed by atoms with Gasteiger partial charge in [-0.15, -0.1) is 0 Å². The lowest BCUT2D eigenvalue weighted by atomic mass is 9.84. The number of hydrogen-bond donors (Lipinski definition) is 1. The van der Waals surface area contributed by atoms with Crippen LogP contribution in [0.2, 0.25) is 0 Å². The van der Waals surface area contributed by atoms with Crippen molar-refractivity contribution >= 4 is 0 Å². The zero-order chi connectivity index (χ0) is 7.35. The van der Waals surface area contributed by atoms with Crippen LogP contribution in [0.1, 0.15) is 26.2 Å². The first kappa shape index (κ1) is 6.41. The van der Waals surface area contributed by atoms with Crippen LogP contribution in [0.15, 0.2) is 12.2 Å². The van der Waals surface area contributed by atoms with E-state index in [-0.39, 0.29) is 6.10 Å². The lowest BCUT2D eigenvalue weighted by molar-refractivity contribution is 0.115. The van der Waals surface area contributed by atoms with Crippen molar-refractivity contribution in [2.24, 2.45) is 11.3 Å². The van der Waals surface area contributed by atoms with E-state index >= 15 is 0 Å². The maximum Gasteiger partial charge on any atom is 0.0580 e. The molecule has 2 aliphatic carbocycles. The molecular formula is C9H14O. The minimum Gasteiger partial charge on any atom is -0.393 e. The molecule has 0 amide bonds. The Labute approximate surface area is 61.8 Å². The van der Waals surface area contributed by atoms with E-state index < -0.39 is 0 Å². The van der Waals surface area contributed by atoms with Crippen LogP contribution in [0.3, 0.4) is 0 Å². The van der Waals surface area contributed by atoms with E-state index in [9.17, 15) is 5.11 Å². The number of rotatable bonds is 0. The van der Waals surface area contributed by atoms with Crippen molar-refractivity contribution in [1.29, 1.82) is 0 Å². The number of allylic oxidation sites excluding steroid dienone is 1. The monoisotopic (exact) mass is 138 g/mol. The molecule has 0 saturated heterocycles. The summed E-state index contributed by atoms with van der Waals surface area (Å²) in [7, 11) is 0. The van der Waals surface area contributed by atoms with E-state index in [2.05, 4.69) is 13.5 Å². The highest BCUT2D eigenvalue weighted by Crippen LogP contribution is 2.62. The van der Waals surface area contributed by atoms with E-state index in [1.807, 2.05) is 0 Å². The van der Waals surface area contributed by atoms with Gasteiger partial charge in [-0.1, -0.05) is 19.1 Å². The van der Waals surface area contributed by atoms with E-state index in [4.69, 9.17) is 0 Å². The molecule has 0 heterocycles. The van der Waals surface area contributed by atoms with Crippen molar-refractivity contribution in [2.75, 3.05) is 0 Å². The van der Waals surface area contributed by atoms with Gasteiger partial charge in [-0.2, -0.15) is 0 Å². The molecule has 1 heteroatoms. The van der Waals surface area contributed by atoms with Gasteiger partial charge in [-0.25, -0.2) is 0 Å². The van der Waals surface area contributed by atoms with Crippen molar-refractivity contribution in [2.45, 2.75) is 32.3 Å². The first-order chi connectivity index (χ1) is 4.64. The maximum absolute atomic E-state index is 9.46. The highest BCUT2D eigenvalue weighted by Gasteiger charge is 2.57. The molecule has 2 saturated carbocycles. The third-order valence-corrected chi connectivity index (χ3v) is 3.32. The Morgan fingerprint density at radius 3 is 3.00 bits per heavy atom. The Hall–Kier alpha value is -0.300. The fraction of sp³-hybridized carbons (Fsp3) is 0.778. The minimum absolute atomic E-state index is 0.0319. The fourth-order valence-corrected chi connectivity index (χ4v) is 2.17. The van der Waals surface area contributed by atoms with Crippen LogP contribution in [0.5, 0.6) is 0 Å². The molecule has 0 radical (unpaired) electrons. The van der Waals surface area contributed by atoms with Gasteiger partial charge in [0.2, 0.25) is 0 Å². The van der Waals surface area contributed by atoms with Crippen molar-refractivity contribution < 1.29 is 5.11 Å². The molecule has 0 aliphatic heterocycles.